The zero-order valence-electron chi connectivity index (χ0n) is 11.6. The van der Waals surface area contributed by atoms with Crippen LogP contribution in [0.2, 0.25) is 0 Å². The van der Waals surface area contributed by atoms with Crippen molar-refractivity contribution in [2.45, 2.75) is 25.8 Å². The van der Waals surface area contributed by atoms with Gasteiger partial charge in [0.2, 0.25) is 0 Å². The highest BCUT2D eigenvalue weighted by Crippen LogP contribution is 2.35. The van der Waals surface area contributed by atoms with Crippen molar-refractivity contribution in [1.29, 1.82) is 0 Å². The highest BCUT2D eigenvalue weighted by atomic mass is 19.2. The van der Waals surface area contributed by atoms with Crippen LogP contribution in [-0.4, -0.2) is 31.6 Å². The fourth-order valence-electron chi connectivity index (χ4n) is 3.03. The lowest BCUT2D eigenvalue weighted by atomic mass is 9.85. The molecule has 0 aromatic heterocycles. The Labute approximate surface area is 113 Å². The first-order chi connectivity index (χ1) is 9.13. The van der Waals surface area contributed by atoms with Gasteiger partial charge in [-0.05, 0) is 63.1 Å². The first-order valence-electron chi connectivity index (χ1n) is 6.99. The van der Waals surface area contributed by atoms with E-state index in [4.69, 9.17) is 0 Å². The third-order valence-electron chi connectivity index (χ3n) is 3.95. The molecule has 1 N–H and O–H groups in total. The predicted octanol–water partition coefficient (Wildman–Crippen LogP) is 2.96. The van der Waals surface area contributed by atoms with E-state index in [1.807, 2.05) is 0 Å². The van der Waals surface area contributed by atoms with Gasteiger partial charge in [-0.2, -0.15) is 0 Å². The van der Waals surface area contributed by atoms with Crippen LogP contribution >= 0.6 is 0 Å². The van der Waals surface area contributed by atoms with Crippen LogP contribution in [0.25, 0.3) is 0 Å². The number of hydrogen-bond donors (Lipinski definition) is 1. The van der Waals surface area contributed by atoms with Crippen molar-refractivity contribution in [3.05, 3.63) is 35.4 Å². The SMILES string of the molecule is CCNCC1CCCN(C)C1c1ccc(F)c(F)c1. The number of piperidine rings is 1. The van der Waals surface area contributed by atoms with Gasteiger partial charge in [-0.3, -0.25) is 4.90 Å². The molecule has 1 saturated heterocycles. The molecule has 2 rings (SSSR count). The standard InChI is InChI=1S/C15H22F2N2/c1-3-18-10-12-5-4-8-19(2)15(12)11-6-7-13(16)14(17)9-11/h6-7,9,12,15,18H,3-5,8,10H2,1-2H3. The Bertz CT molecular complexity index is 423. The van der Waals surface area contributed by atoms with E-state index in [9.17, 15) is 8.78 Å². The molecule has 2 unspecified atom stereocenters. The normalized spacial score (nSPS) is 24.6. The Morgan fingerprint density at radius 2 is 2.11 bits per heavy atom. The third kappa shape index (κ3) is 3.31. The highest BCUT2D eigenvalue weighted by Gasteiger charge is 2.30. The summed E-state index contributed by atoms with van der Waals surface area (Å²) in [4.78, 5) is 2.25. The van der Waals surface area contributed by atoms with Crippen molar-refractivity contribution < 1.29 is 8.78 Å². The summed E-state index contributed by atoms with van der Waals surface area (Å²) in [5.74, 6) is -1.08. The zero-order chi connectivity index (χ0) is 13.8. The molecule has 106 valence electrons. The summed E-state index contributed by atoms with van der Waals surface area (Å²) in [5.41, 5.74) is 0.879. The van der Waals surface area contributed by atoms with Gasteiger partial charge in [0.1, 0.15) is 0 Å². The minimum Gasteiger partial charge on any atom is -0.317 e. The molecule has 19 heavy (non-hydrogen) atoms. The monoisotopic (exact) mass is 268 g/mol. The summed E-state index contributed by atoms with van der Waals surface area (Å²) in [6.07, 6.45) is 2.29. The van der Waals surface area contributed by atoms with Crippen LogP contribution in [0, 0.1) is 17.6 Å². The molecule has 1 aromatic carbocycles. The van der Waals surface area contributed by atoms with Crippen molar-refractivity contribution in [3.63, 3.8) is 0 Å². The van der Waals surface area contributed by atoms with Crippen LogP contribution in [0.5, 0.6) is 0 Å². The number of nitrogens with one attached hydrogen (secondary N) is 1. The molecule has 1 heterocycles. The van der Waals surface area contributed by atoms with Crippen molar-refractivity contribution in [2.24, 2.45) is 5.92 Å². The van der Waals surface area contributed by atoms with Gasteiger partial charge in [-0.15, -0.1) is 0 Å². The second-order valence-corrected chi connectivity index (χ2v) is 5.31. The molecule has 1 aliphatic rings. The summed E-state index contributed by atoms with van der Waals surface area (Å²) in [6.45, 7) is 4.95. The smallest absolute Gasteiger partial charge is 0.159 e. The molecule has 1 fully saturated rings. The van der Waals surface area contributed by atoms with Gasteiger partial charge >= 0.3 is 0 Å². The van der Waals surface area contributed by atoms with Crippen LogP contribution < -0.4 is 5.32 Å². The van der Waals surface area contributed by atoms with E-state index >= 15 is 0 Å². The van der Waals surface area contributed by atoms with Crippen molar-refractivity contribution >= 4 is 0 Å². The number of nitrogens with zero attached hydrogens (tertiary/aromatic N) is 1. The molecule has 0 bridgehead atoms. The molecule has 0 aliphatic carbocycles. The van der Waals surface area contributed by atoms with E-state index in [2.05, 4.69) is 24.2 Å². The quantitative estimate of drug-likeness (QED) is 0.903. The molecule has 2 atom stereocenters. The Morgan fingerprint density at radius 3 is 2.79 bits per heavy atom. The number of likely N-dealkylation sites (tertiary alicyclic amines) is 1. The summed E-state index contributed by atoms with van der Waals surface area (Å²) >= 11 is 0. The number of halogens is 2. The summed E-state index contributed by atoms with van der Waals surface area (Å²) < 4.78 is 26.5. The van der Waals surface area contributed by atoms with Gasteiger partial charge in [-0.25, -0.2) is 8.78 Å². The highest BCUT2D eigenvalue weighted by molar-refractivity contribution is 5.22. The Hall–Kier alpha value is -1.00. The molecular weight excluding hydrogens is 246 g/mol. The van der Waals surface area contributed by atoms with Gasteiger partial charge < -0.3 is 5.32 Å². The first kappa shape index (κ1) is 14.4. The topological polar surface area (TPSA) is 15.3 Å². The Balaban J connectivity index is 2.22. The van der Waals surface area contributed by atoms with Gasteiger partial charge in [0, 0.05) is 6.04 Å². The van der Waals surface area contributed by atoms with Gasteiger partial charge in [0.25, 0.3) is 0 Å². The molecule has 4 heteroatoms. The fraction of sp³-hybridized carbons (Fsp3) is 0.600. The maximum absolute atomic E-state index is 13.4. The average molecular weight is 268 g/mol. The summed E-state index contributed by atoms with van der Waals surface area (Å²) in [7, 11) is 2.06. The second-order valence-electron chi connectivity index (χ2n) is 5.31. The Kier molecular flexibility index (Phi) is 4.88. The summed E-state index contributed by atoms with van der Waals surface area (Å²) in [6, 6.07) is 4.46. The molecule has 0 amide bonds. The van der Waals surface area contributed by atoms with E-state index < -0.39 is 11.6 Å². The Morgan fingerprint density at radius 1 is 1.32 bits per heavy atom. The van der Waals surface area contributed by atoms with Crippen LogP contribution in [0.3, 0.4) is 0 Å². The minimum atomic E-state index is -0.773. The molecule has 0 saturated carbocycles. The summed E-state index contributed by atoms with van der Waals surface area (Å²) in [5, 5.41) is 3.37. The zero-order valence-corrected chi connectivity index (χ0v) is 11.6. The predicted molar refractivity (Wildman–Crippen MR) is 73.0 cm³/mol. The fourth-order valence-corrected chi connectivity index (χ4v) is 3.03. The second kappa shape index (κ2) is 6.44. The number of hydrogen-bond acceptors (Lipinski definition) is 2. The van der Waals surface area contributed by atoms with Crippen molar-refractivity contribution in [3.8, 4) is 0 Å². The largest absolute Gasteiger partial charge is 0.317 e. The van der Waals surface area contributed by atoms with Crippen LogP contribution in [0.1, 0.15) is 31.4 Å². The molecule has 1 aromatic rings. The van der Waals surface area contributed by atoms with Crippen LogP contribution in [0.15, 0.2) is 18.2 Å². The van der Waals surface area contributed by atoms with E-state index in [0.717, 1.165) is 38.0 Å². The molecule has 0 radical (unpaired) electrons. The molecular formula is C15H22F2N2. The number of benzene rings is 1. The van der Waals surface area contributed by atoms with E-state index in [-0.39, 0.29) is 6.04 Å². The van der Waals surface area contributed by atoms with Crippen molar-refractivity contribution in [1.82, 2.24) is 10.2 Å². The molecule has 0 spiro atoms. The molecule has 1 aliphatic heterocycles. The maximum Gasteiger partial charge on any atom is 0.159 e. The maximum atomic E-state index is 13.4. The lowest BCUT2D eigenvalue weighted by Gasteiger charge is -2.39. The van der Waals surface area contributed by atoms with Gasteiger partial charge in [-0.1, -0.05) is 13.0 Å². The van der Waals surface area contributed by atoms with E-state index in [1.54, 1.807) is 6.07 Å². The van der Waals surface area contributed by atoms with Crippen LogP contribution in [0.4, 0.5) is 8.78 Å². The van der Waals surface area contributed by atoms with E-state index in [0.29, 0.717) is 5.92 Å². The van der Waals surface area contributed by atoms with Crippen LogP contribution in [-0.2, 0) is 0 Å². The minimum absolute atomic E-state index is 0.169. The van der Waals surface area contributed by atoms with Gasteiger partial charge in [0.15, 0.2) is 11.6 Å². The average Bonchev–Trinajstić information content (AvgIpc) is 2.40. The lowest BCUT2D eigenvalue weighted by molar-refractivity contribution is 0.119. The van der Waals surface area contributed by atoms with Gasteiger partial charge in [0.05, 0.1) is 0 Å². The lowest BCUT2D eigenvalue weighted by Crippen LogP contribution is -2.40. The molecule has 2 nitrogen and oxygen atoms in total. The first-order valence-corrected chi connectivity index (χ1v) is 6.99. The van der Waals surface area contributed by atoms with Crippen molar-refractivity contribution in [2.75, 3.05) is 26.7 Å². The van der Waals surface area contributed by atoms with E-state index in [1.165, 1.54) is 12.1 Å². The third-order valence-corrected chi connectivity index (χ3v) is 3.95. The number of rotatable bonds is 4.